The third-order valence-corrected chi connectivity index (χ3v) is 11.9. The zero-order valence-electron chi connectivity index (χ0n) is 32.9. The number of phenolic OH excluding ortho intramolecular Hbond substituents is 2. The summed E-state index contributed by atoms with van der Waals surface area (Å²) in [6, 6.07) is 9.05. The zero-order chi connectivity index (χ0) is 40.0. The molecule has 5 atom stereocenters. The normalized spacial score (nSPS) is 21.3. The molecule has 4 aromatic rings. The third kappa shape index (κ3) is 6.14. The lowest BCUT2D eigenvalue weighted by Crippen LogP contribution is -2.68. The van der Waals surface area contributed by atoms with Gasteiger partial charge in [0.05, 0.1) is 58.7 Å². The molecule has 2 bridgehead atoms. The van der Waals surface area contributed by atoms with E-state index in [-0.39, 0.29) is 35.5 Å². The van der Waals surface area contributed by atoms with Crippen LogP contribution in [0.2, 0.25) is 0 Å². The number of fused-ring (bicyclic) bond motifs is 8. The van der Waals surface area contributed by atoms with Crippen LogP contribution in [0.3, 0.4) is 0 Å². The van der Waals surface area contributed by atoms with Crippen LogP contribution in [-0.2, 0) is 12.8 Å². The summed E-state index contributed by atoms with van der Waals surface area (Å²) >= 11 is 0. The van der Waals surface area contributed by atoms with Gasteiger partial charge in [0.15, 0.2) is 23.0 Å². The van der Waals surface area contributed by atoms with E-state index in [1.54, 1.807) is 20.3 Å². The van der Waals surface area contributed by atoms with E-state index in [0.29, 0.717) is 76.8 Å². The summed E-state index contributed by atoms with van der Waals surface area (Å²) in [5, 5.41) is 38.8. The van der Waals surface area contributed by atoms with Crippen molar-refractivity contribution in [2.24, 2.45) is 5.73 Å². The fourth-order valence-corrected chi connectivity index (χ4v) is 9.45. The van der Waals surface area contributed by atoms with E-state index >= 15 is 0 Å². The van der Waals surface area contributed by atoms with Crippen LogP contribution in [0.5, 0.6) is 40.2 Å². The molecule has 3 aromatic carbocycles. The number of phenols is 2. The molecule has 56 heavy (non-hydrogen) atoms. The van der Waals surface area contributed by atoms with Crippen molar-refractivity contribution in [3.63, 3.8) is 0 Å². The van der Waals surface area contributed by atoms with E-state index in [2.05, 4.69) is 26.2 Å². The van der Waals surface area contributed by atoms with E-state index in [1.807, 2.05) is 45.2 Å². The number of amides is 1. The summed E-state index contributed by atoms with van der Waals surface area (Å²) in [5.74, 6) is 1.99. The minimum absolute atomic E-state index is 0.0152. The molecule has 14 nitrogen and oxygen atoms in total. The first-order valence-corrected chi connectivity index (χ1v) is 18.9. The number of piperazine rings is 1. The van der Waals surface area contributed by atoms with Crippen LogP contribution in [0.15, 0.2) is 30.3 Å². The van der Waals surface area contributed by atoms with Crippen molar-refractivity contribution in [1.29, 1.82) is 5.26 Å². The monoisotopic (exact) mass is 766 g/mol. The molecule has 3 aliphatic heterocycles. The first kappa shape index (κ1) is 38.8. The molecule has 1 aromatic heterocycles. The van der Waals surface area contributed by atoms with Crippen LogP contribution < -0.4 is 34.7 Å². The number of hydrogen-bond donors (Lipinski definition) is 4. The molecule has 1 amide bonds. The number of nitriles is 1. The number of rotatable bonds is 12. The number of carbonyl (C=O) groups excluding carboxylic acids is 1. The molecule has 0 spiro atoms. The molecule has 0 unspecified atom stereocenters. The zero-order valence-corrected chi connectivity index (χ0v) is 32.9. The molecule has 14 heteroatoms. The smallest absolute Gasteiger partial charge is 0.269 e. The van der Waals surface area contributed by atoms with Crippen molar-refractivity contribution in [3.05, 3.63) is 69.4 Å². The topological polar surface area (TPSA) is 185 Å². The number of pyridine rings is 1. The minimum atomic E-state index is -0.711. The average molecular weight is 767 g/mol. The number of nitrogens with one attached hydrogen (secondary N) is 1. The van der Waals surface area contributed by atoms with Gasteiger partial charge in [-0.2, -0.15) is 5.26 Å². The lowest BCUT2D eigenvalue weighted by atomic mass is 9.71. The first-order valence-electron chi connectivity index (χ1n) is 18.9. The Morgan fingerprint density at radius 2 is 1.54 bits per heavy atom. The highest BCUT2D eigenvalue weighted by atomic mass is 16.5. The second kappa shape index (κ2) is 15.6. The molecule has 0 saturated carbocycles. The largest absolute Gasteiger partial charge is 0.504 e. The van der Waals surface area contributed by atoms with Crippen LogP contribution >= 0.6 is 0 Å². The van der Waals surface area contributed by atoms with Crippen molar-refractivity contribution in [1.82, 2.24) is 20.1 Å². The van der Waals surface area contributed by atoms with E-state index in [4.69, 9.17) is 29.4 Å². The number of likely N-dealkylation sites (N-methyl/N-ethyl adjacent to an activating group) is 1. The van der Waals surface area contributed by atoms with Gasteiger partial charge in [0, 0.05) is 57.4 Å². The maximum Gasteiger partial charge on any atom is 0.269 e. The summed E-state index contributed by atoms with van der Waals surface area (Å²) in [4.78, 5) is 22.9. The van der Waals surface area contributed by atoms with Gasteiger partial charge in [-0.15, -0.1) is 0 Å². The maximum atomic E-state index is 14.0. The Morgan fingerprint density at radius 3 is 2.16 bits per heavy atom. The second-order valence-electron chi connectivity index (χ2n) is 14.7. The number of aromatic hydroxyl groups is 2. The van der Waals surface area contributed by atoms with E-state index in [1.165, 1.54) is 14.2 Å². The quantitative estimate of drug-likeness (QED) is 0.147. The molecular weight excluding hydrogens is 716 g/mol. The first-order chi connectivity index (χ1) is 27.0. The number of aromatic nitrogens is 1. The summed E-state index contributed by atoms with van der Waals surface area (Å²) in [6.45, 7) is 4.87. The van der Waals surface area contributed by atoms with Gasteiger partial charge < -0.3 is 44.9 Å². The van der Waals surface area contributed by atoms with Gasteiger partial charge in [-0.05, 0) is 77.4 Å². The molecule has 4 heterocycles. The number of carbonyl (C=O) groups is 1. The predicted molar refractivity (Wildman–Crippen MR) is 209 cm³/mol. The van der Waals surface area contributed by atoms with Crippen LogP contribution in [0, 0.1) is 25.2 Å². The third-order valence-electron chi connectivity index (χ3n) is 11.9. The molecule has 7 rings (SSSR count). The molecule has 0 radical (unpaired) electrons. The van der Waals surface area contributed by atoms with Gasteiger partial charge in [-0.25, -0.2) is 4.98 Å². The second-order valence-corrected chi connectivity index (χ2v) is 14.7. The molecule has 0 aliphatic carbocycles. The summed E-state index contributed by atoms with van der Waals surface area (Å²) < 4.78 is 29.3. The van der Waals surface area contributed by atoms with E-state index in [0.717, 1.165) is 29.4 Å². The highest BCUT2D eigenvalue weighted by Gasteiger charge is 2.57. The lowest BCUT2D eigenvalue weighted by molar-refractivity contribution is -0.0724. The van der Waals surface area contributed by atoms with Crippen molar-refractivity contribution in [2.45, 2.75) is 69.7 Å². The summed E-state index contributed by atoms with van der Waals surface area (Å²) in [7, 11) is 8.15. The Morgan fingerprint density at radius 1 is 0.911 bits per heavy atom. The number of unbranched alkanes of at least 4 members (excludes halogenated alkanes) is 1. The molecule has 296 valence electrons. The predicted octanol–water partition coefficient (Wildman–Crippen LogP) is 4.62. The Labute approximate surface area is 326 Å². The van der Waals surface area contributed by atoms with Crippen molar-refractivity contribution in [2.75, 3.05) is 55.2 Å². The van der Waals surface area contributed by atoms with Gasteiger partial charge in [-0.3, -0.25) is 14.6 Å². The standard InChI is InChI=1S/C42H50N6O8/c1-21-38(52-4)25-18-30-35-34-26(39(53-5)22(2)41(55-7)37(34)50)17-29(47(35)3)31(19-44)48(30)32(33(25)36(49)40(21)54-6)20-45-42(51)28-12-10-23-16-24(11-13-27(23)46-28)56-15-9-8-14-43/h10-13,16,29-32,35,49-50H,8-9,14-15,17-18,20,43H2,1-7H3,(H,45,51)/t29-,30-,31-,32-,35+/m0/s1. The van der Waals surface area contributed by atoms with E-state index < -0.39 is 30.1 Å². The maximum absolute atomic E-state index is 14.0. The van der Waals surface area contributed by atoms with Crippen LogP contribution in [0.4, 0.5) is 0 Å². The molecule has 5 N–H and O–H groups in total. The van der Waals surface area contributed by atoms with Crippen LogP contribution in [0.1, 0.15) is 68.8 Å². The molecule has 1 fully saturated rings. The molecule has 1 saturated heterocycles. The SMILES string of the molecule is COc1c(C)c(OC)c2c(c1O)[C@H]1[C@@H]3Cc4c(OC)c(C)c(OC)c(O)c4[C@H](CNC(=O)c4ccc5cc(OCCCCN)ccc5n4)N3[C@@H](C#N)[C@H](C2)N1C. The van der Waals surface area contributed by atoms with Gasteiger partial charge in [-0.1, -0.05) is 6.07 Å². The van der Waals surface area contributed by atoms with E-state index in [9.17, 15) is 20.3 Å². The number of methoxy groups -OCH3 is 4. The highest BCUT2D eigenvalue weighted by Crippen LogP contribution is 2.58. The number of hydrogen-bond acceptors (Lipinski definition) is 13. The van der Waals surface area contributed by atoms with Crippen LogP contribution in [-0.4, -0.2) is 104 Å². The average Bonchev–Trinajstić information content (AvgIpc) is 3.19. The Kier molecular flexibility index (Phi) is 10.8. The number of nitrogens with two attached hydrogens (primary N) is 1. The van der Waals surface area contributed by atoms with Crippen molar-refractivity contribution < 1.29 is 38.7 Å². The van der Waals surface area contributed by atoms with Gasteiger partial charge >= 0.3 is 0 Å². The van der Waals surface area contributed by atoms with Crippen molar-refractivity contribution >= 4 is 16.8 Å². The van der Waals surface area contributed by atoms with Gasteiger partial charge in [0.1, 0.15) is 29.0 Å². The molecular formula is C42H50N6O8. The lowest BCUT2D eigenvalue weighted by Gasteiger charge is -2.60. The van der Waals surface area contributed by atoms with Gasteiger partial charge in [0.2, 0.25) is 0 Å². The minimum Gasteiger partial charge on any atom is -0.504 e. The van der Waals surface area contributed by atoms with Gasteiger partial charge in [0.25, 0.3) is 5.91 Å². The van der Waals surface area contributed by atoms with Crippen molar-refractivity contribution in [3.8, 4) is 46.3 Å². The Hall–Kier alpha value is -5.49. The summed E-state index contributed by atoms with van der Waals surface area (Å²) in [5.41, 5.74) is 10.5. The fraction of sp³-hybridized carbons (Fsp3) is 0.452. The summed E-state index contributed by atoms with van der Waals surface area (Å²) in [6.07, 6.45) is 2.50. The highest BCUT2D eigenvalue weighted by molar-refractivity contribution is 5.95. The number of ether oxygens (including phenoxy) is 5. The van der Waals surface area contributed by atoms with Crippen LogP contribution in [0.25, 0.3) is 10.9 Å². The fourth-order valence-electron chi connectivity index (χ4n) is 9.45. The molecule has 3 aliphatic rings. The number of nitrogens with zero attached hydrogens (tertiary/aromatic N) is 4. The Bertz CT molecular complexity index is 2220. The number of benzene rings is 3. The Balaban J connectivity index is 1.31.